The molecule has 1 N–H and O–H groups in total. The van der Waals surface area contributed by atoms with Gasteiger partial charge in [-0.25, -0.2) is 18.7 Å². The molecule has 1 amide bonds. The lowest BCUT2D eigenvalue weighted by Gasteiger charge is -2.23. The highest BCUT2D eigenvalue weighted by Crippen LogP contribution is 2.28. The van der Waals surface area contributed by atoms with Gasteiger partial charge in [-0.05, 0) is 29.8 Å². The van der Waals surface area contributed by atoms with E-state index < -0.39 is 11.8 Å². The molecule has 3 aromatic rings. The molecule has 3 rings (SSSR count). The molecule has 196 valence electrons. The van der Waals surface area contributed by atoms with Crippen LogP contribution in [-0.4, -0.2) is 57.1 Å². The monoisotopic (exact) mass is 512 g/mol. The van der Waals surface area contributed by atoms with Crippen LogP contribution in [0.1, 0.15) is 39.8 Å². The average Bonchev–Trinajstić information content (AvgIpc) is 2.85. The summed E-state index contributed by atoms with van der Waals surface area (Å²) in [6.45, 7) is 0.814. The number of ether oxygens (including phenoxy) is 1. The number of rotatable bonds is 9. The van der Waals surface area contributed by atoms with Crippen LogP contribution in [0.15, 0.2) is 48.5 Å². The first-order valence-corrected chi connectivity index (χ1v) is 11.6. The number of carbonyl (C=O) groups is 2. The molecule has 0 atom stereocenters. The third-order valence-corrected chi connectivity index (χ3v) is 5.63. The highest BCUT2D eigenvalue weighted by molar-refractivity contribution is 6.04. The lowest BCUT2D eigenvalue weighted by atomic mass is 10.1. The molecule has 37 heavy (non-hydrogen) atoms. The summed E-state index contributed by atoms with van der Waals surface area (Å²) in [6.07, 6.45) is 0.483. The van der Waals surface area contributed by atoms with Gasteiger partial charge in [0.2, 0.25) is 0 Å². The van der Waals surface area contributed by atoms with E-state index in [0.717, 1.165) is 12.5 Å². The Morgan fingerprint density at radius 3 is 1.92 bits per heavy atom. The van der Waals surface area contributed by atoms with Crippen molar-refractivity contribution in [1.82, 2.24) is 9.97 Å². The molecule has 10 heteroatoms. The van der Waals surface area contributed by atoms with Gasteiger partial charge in [0.25, 0.3) is 11.8 Å². The Bertz CT molecular complexity index is 1230. The van der Waals surface area contributed by atoms with Crippen molar-refractivity contribution in [3.05, 3.63) is 76.6 Å². The first-order chi connectivity index (χ1) is 17.4. The van der Waals surface area contributed by atoms with Gasteiger partial charge in [-0.3, -0.25) is 9.59 Å². The van der Waals surface area contributed by atoms with E-state index in [1.807, 2.05) is 50.1 Å². The molecule has 0 aliphatic rings. The van der Waals surface area contributed by atoms with Gasteiger partial charge < -0.3 is 19.9 Å². The molecule has 0 saturated heterocycles. The Kier molecular flexibility index (Phi) is 8.42. The minimum absolute atomic E-state index is 0.0514. The van der Waals surface area contributed by atoms with Crippen molar-refractivity contribution in [3.63, 3.8) is 0 Å². The Morgan fingerprint density at radius 1 is 0.919 bits per heavy atom. The van der Waals surface area contributed by atoms with Gasteiger partial charge in [-0.1, -0.05) is 24.3 Å². The minimum atomic E-state index is -2.96. The predicted molar refractivity (Wildman–Crippen MR) is 140 cm³/mol. The molecule has 8 nitrogen and oxygen atoms in total. The maximum absolute atomic E-state index is 13.4. The topological polar surface area (TPSA) is 87.7 Å². The van der Waals surface area contributed by atoms with E-state index in [-0.39, 0.29) is 23.5 Å². The van der Waals surface area contributed by atoms with Crippen LogP contribution < -0.4 is 15.1 Å². The second kappa shape index (κ2) is 11.3. The van der Waals surface area contributed by atoms with Crippen LogP contribution >= 0.6 is 0 Å². The SMILES string of the molecule is COC(=O)Cc1c(N(C)C)n[13c](Cc2ccc(NC(=O)c3ccc(C(C)(F)F)cc3)cc2)nc1N(C)C. The van der Waals surface area contributed by atoms with Gasteiger partial charge in [-0.2, -0.15) is 0 Å². The molecule has 2 aromatic carbocycles. The van der Waals surface area contributed by atoms with Crippen LogP contribution in [0.5, 0.6) is 0 Å². The molecule has 0 spiro atoms. The summed E-state index contributed by atoms with van der Waals surface area (Å²) in [5.74, 6) is -1.89. The number of benzene rings is 2. The molecule has 0 aliphatic carbocycles. The molecule has 1 aromatic heterocycles. The molecule has 1 heterocycles. The third-order valence-electron chi connectivity index (χ3n) is 5.63. The fourth-order valence-corrected chi connectivity index (χ4v) is 3.70. The zero-order chi connectivity index (χ0) is 27.3. The average molecular weight is 513 g/mol. The Morgan fingerprint density at radius 2 is 1.46 bits per heavy atom. The van der Waals surface area contributed by atoms with Crippen LogP contribution in [-0.2, 0) is 28.3 Å². The number of nitrogens with one attached hydrogen (secondary N) is 1. The number of methoxy groups -OCH3 is 1. The van der Waals surface area contributed by atoms with Crippen LogP contribution in [0.4, 0.5) is 26.1 Å². The van der Waals surface area contributed by atoms with Crippen LogP contribution in [0.2, 0.25) is 0 Å². The number of aromatic nitrogens is 2. The number of hydrogen-bond acceptors (Lipinski definition) is 7. The summed E-state index contributed by atoms with van der Waals surface area (Å²) in [7, 11) is 8.75. The quantitative estimate of drug-likeness (QED) is 0.428. The summed E-state index contributed by atoms with van der Waals surface area (Å²) in [6, 6.07) is 12.5. The van der Waals surface area contributed by atoms with Crippen molar-refractivity contribution in [2.24, 2.45) is 0 Å². The number of anilines is 3. The second-order valence-electron chi connectivity index (χ2n) is 9.10. The Balaban J connectivity index is 1.77. The standard InChI is InChI=1S/C27H31F2N5O3/c1-27(28,29)19-11-9-18(10-12-19)26(36)30-20-13-7-17(8-14-20)15-22-31-24(33(2)3)21(16-23(35)37-6)25(32-22)34(4)5/h7-14H,15-16H2,1-6H3,(H,30,36)/i22+1. The molecule has 0 bridgehead atoms. The molecule has 0 aliphatic heterocycles. The van der Waals surface area contributed by atoms with Gasteiger partial charge in [0.1, 0.15) is 17.5 Å². The maximum Gasteiger partial charge on any atom is 0.310 e. The Hall–Kier alpha value is -4.08. The summed E-state index contributed by atoms with van der Waals surface area (Å²) in [5, 5.41) is 2.77. The highest BCUT2D eigenvalue weighted by Gasteiger charge is 2.24. The van der Waals surface area contributed by atoms with Crippen LogP contribution in [0, 0.1) is 0 Å². The fraction of sp³-hybridized carbons (Fsp3) is 0.333. The highest BCUT2D eigenvalue weighted by atomic mass is 19.3. The normalized spacial score (nSPS) is 11.1. The first kappa shape index (κ1) is 27.5. The van der Waals surface area contributed by atoms with E-state index in [2.05, 4.69) is 15.3 Å². The van der Waals surface area contributed by atoms with E-state index in [0.29, 0.717) is 35.1 Å². The van der Waals surface area contributed by atoms with Crippen molar-refractivity contribution in [2.75, 3.05) is 50.4 Å². The first-order valence-electron chi connectivity index (χ1n) is 11.6. The number of carbonyl (C=O) groups excluding carboxylic acids is 2. The van der Waals surface area contributed by atoms with Gasteiger partial charge in [0.05, 0.1) is 13.5 Å². The minimum Gasteiger partial charge on any atom is -0.469 e. The molecular weight excluding hydrogens is 481 g/mol. The van der Waals surface area contributed by atoms with E-state index in [9.17, 15) is 18.4 Å². The summed E-state index contributed by atoms with van der Waals surface area (Å²) < 4.78 is 31.6. The zero-order valence-electron chi connectivity index (χ0n) is 21.8. The second-order valence-corrected chi connectivity index (χ2v) is 9.10. The summed E-state index contributed by atoms with van der Waals surface area (Å²) in [5.41, 5.74) is 2.30. The molecule has 0 radical (unpaired) electrons. The van der Waals surface area contributed by atoms with Gasteiger partial charge in [-0.15, -0.1) is 0 Å². The van der Waals surface area contributed by atoms with E-state index in [1.54, 1.807) is 12.1 Å². The third kappa shape index (κ3) is 6.99. The van der Waals surface area contributed by atoms with Crippen molar-refractivity contribution >= 4 is 29.2 Å². The molecular formula is C27H31F2N5O3. The summed E-state index contributed by atoms with van der Waals surface area (Å²) >= 11 is 0. The van der Waals surface area contributed by atoms with E-state index in [1.165, 1.54) is 31.4 Å². The van der Waals surface area contributed by atoms with Crippen LogP contribution in [0.3, 0.4) is 0 Å². The maximum atomic E-state index is 13.4. The smallest absolute Gasteiger partial charge is 0.310 e. The summed E-state index contributed by atoms with van der Waals surface area (Å²) in [4.78, 5) is 37.6. The molecule has 0 fully saturated rings. The molecule has 0 unspecified atom stereocenters. The molecule has 0 saturated carbocycles. The number of hydrogen-bond donors (Lipinski definition) is 1. The van der Waals surface area contributed by atoms with Gasteiger partial charge in [0, 0.05) is 63.9 Å². The number of nitrogens with zero attached hydrogens (tertiary/aromatic N) is 4. The van der Waals surface area contributed by atoms with Crippen molar-refractivity contribution in [1.29, 1.82) is 0 Å². The van der Waals surface area contributed by atoms with Crippen molar-refractivity contribution < 1.29 is 23.1 Å². The number of halogens is 2. The van der Waals surface area contributed by atoms with Gasteiger partial charge >= 0.3 is 5.97 Å². The van der Waals surface area contributed by atoms with Gasteiger partial charge in [0.15, 0.2) is 0 Å². The lowest BCUT2D eigenvalue weighted by Crippen LogP contribution is -2.23. The number of amides is 1. The van der Waals surface area contributed by atoms with E-state index >= 15 is 0 Å². The predicted octanol–water partition coefficient (Wildman–Crippen LogP) is 4.28. The van der Waals surface area contributed by atoms with E-state index in [4.69, 9.17) is 4.74 Å². The largest absolute Gasteiger partial charge is 0.469 e. The van der Waals surface area contributed by atoms with Crippen molar-refractivity contribution in [3.8, 4) is 0 Å². The van der Waals surface area contributed by atoms with Crippen molar-refractivity contribution in [2.45, 2.75) is 25.7 Å². The van der Waals surface area contributed by atoms with Crippen LogP contribution in [0.25, 0.3) is 0 Å². The number of alkyl halides is 2. The Labute approximate surface area is 215 Å². The number of esters is 1. The lowest BCUT2D eigenvalue weighted by molar-refractivity contribution is -0.139. The fourth-order valence-electron chi connectivity index (χ4n) is 3.70. The zero-order valence-corrected chi connectivity index (χ0v) is 21.8.